The standard InChI is InChI=1S/C38H64N4O6/c1-9-25(5)29(15-12-16-32(43)48-23-28-17-18-28)21-39-37(47)41-34(38(6,7)8)36(46)42-22-26(10-2)20-31(42)35(45)40-30(33(44)24(3)4)19-27-13-11-14-27/h25-31,34H,3,9-23H2,1-2,4-8H3,(H,40,45)(H2,39,41,47)/t25-,26+,29?,30?,31?,34?/m0/s1. The second-order valence-electron chi connectivity index (χ2n) is 16.1. The summed E-state index contributed by atoms with van der Waals surface area (Å²) in [4.78, 5) is 68.1. The molecule has 1 heterocycles. The highest BCUT2D eigenvalue weighted by molar-refractivity contribution is 6.01. The molecule has 3 N–H and O–H groups in total. The van der Waals surface area contributed by atoms with Gasteiger partial charge in [0.25, 0.3) is 0 Å². The maximum atomic E-state index is 14.2. The number of rotatable bonds is 19. The van der Waals surface area contributed by atoms with E-state index in [0.29, 0.717) is 68.7 Å². The molecule has 3 aliphatic rings. The van der Waals surface area contributed by atoms with Crippen molar-refractivity contribution in [2.75, 3.05) is 19.7 Å². The van der Waals surface area contributed by atoms with Crippen molar-refractivity contribution in [1.29, 1.82) is 0 Å². The van der Waals surface area contributed by atoms with Gasteiger partial charge in [0.15, 0.2) is 5.78 Å². The van der Waals surface area contributed by atoms with Crippen LogP contribution in [0, 0.1) is 35.0 Å². The fraction of sp³-hybridized carbons (Fsp3) is 0.816. The van der Waals surface area contributed by atoms with E-state index >= 15 is 0 Å². The predicted octanol–water partition coefficient (Wildman–Crippen LogP) is 5.93. The molecule has 6 atom stereocenters. The van der Waals surface area contributed by atoms with E-state index in [1.165, 1.54) is 0 Å². The molecule has 0 aromatic carbocycles. The molecule has 4 unspecified atom stereocenters. The van der Waals surface area contributed by atoms with Gasteiger partial charge < -0.3 is 25.6 Å². The van der Waals surface area contributed by atoms with Crippen molar-refractivity contribution in [3.05, 3.63) is 12.2 Å². The van der Waals surface area contributed by atoms with Gasteiger partial charge in [-0.2, -0.15) is 0 Å². The highest BCUT2D eigenvalue weighted by Crippen LogP contribution is 2.33. The van der Waals surface area contributed by atoms with Gasteiger partial charge in [-0.3, -0.25) is 19.2 Å². The first-order valence-electron chi connectivity index (χ1n) is 18.6. The lowest BCUT2D eigenvalue weighted by Crippen LogP contribution is -2.60. The summed E-state index contributed by atoms with van der Waals surface area (Å²) in [5.41, 5.74) is -0.213. The van der Waals surface area contributed by atoms with Crippen molar-refractivity contribution < 1.29 is 28.7 Å². The van der Waals surface area contributed by atoms with Gasteiger partial charge in [0.05, 0.1) is 12.6 Å². The van der Waals surface area contributed by atoms with Gasteiger partial charge in [-0.05, 0) is 86.0 Å². The van der Waals surface area contributed by atoms with Crippen LogP contribution in [-0.2, 0) is 23.9 Å². The second-order valence-corrected chi connectivity index (χ2v) is 16.1. The van der Waals surface area contributed by atoms with Crippen LogP contribution < -0.4 is 16.0 Å². The van der Waals surface area contributed by atoms with Gasteiger partial charge >= 0.3 is 12.0 Å². The third-order valence-electron chi connectivity index (χ3n) is 10.9. The van der Waals surface area contributed by atoms with Gasteiger partial charge in [-0.15, -0.1) is 0 Å². The summed E-state index contributed by atoms with van der Waals surface area (Å²) in [6.45, 7) is 18.9. The molecule has 0 aromatic heterocycles. The summed E-state index contributed by atoms with van der Waals surface area (Å²) in [7, 11) is 0. The van der Waals surface area contributed by atoms with Crippen molar-refractivity contribution in [2.45, 2.75) is 144 Å². The minimum Gasteiger partial charge on any atom is -0.465 e. The fourth-order valence-corrected chi connectivity index (χ4v) is 6.79. The molecule has 0 bridgehead atoms. The number of nitrogens with zero attached hydrogens (tertiary/aromatic N) is 1. The lowest BCUT2D eigenvalue weighted by atomic mass is 9.79. The molecule has 272 valence electrons. The van der Waals surface area contributed by atoms with Crippen molar-refractivity contribution in [1.82, 2.24) is 20.9 Å². The van der Waals surface area contributed by atoms with E-state index in [4.69, 9.17) is 4.74 Å². The SMILES string of the molecule is C=C(C)C(=O)C(CC1CCC1)NC(=O)C1C[C@@H](CC)CN1C(=O)C(NC(=O)NCC(CCCC(=O)OCC1CC1)[C@@H](C)CC)C(C)(C)C. The third kappa shape index (κ3) is 11.9. The Labute approximate surface area is 289 Å². The molecule has 2 aliphatic carbocycles. The predicted molar refractivity (Wildman–Crippen MR) is 188 cm³/mol. The molecule has 2 saturated carbocycles. The first kappa shape index (κ1) is 39.5. The Bertz CT molecular complexity index is 1140. The Kier molecular flexibility index (Phi) is 15.0. The molecule has 48 heavy (non-hydrogen) atoms. The van der Waals surface area contributed by atoms with Crippen LogP contribution in [0.15, 0.2) is 12.2 Å². The topological polar surface area (TPSA) is 134 Å². The van der Waals surface area contributed by atoms with Crippen LogP contribution in [0.3, 0.4) is 0 Å². The molecule has 1 saturated heterocycles. The normalized spacial score (nSPS) is 22.1. The highest BCUT2D eigenvalue weighted by atomic mass is 16.5. The smallest absolute Gasteiger partial charge is 0.315 e. The van der Waals surface area contributed by atoms with Crippen molar-refractivity contribution in [2.24, 2.45) is 35.0 Å². The van der Waals surface area contributed by atoms with Crippen LogP contribution in [0.1, 0.15) is 126 Å². The third-order valence-corrected chi connectivity index (χ3v) is 10.9. The molecule has 10 heteroatoms. The van der Waals surface area contributed by atoms with Gasteiger partial charge in [0.1, 0.15) is 12.1 Å². The van der Waals surface area contributed by atoms with E-state index in [0.717, 1.165) is 51.4 Å². The van der Waals surface area contributed by atoms with Crippen LogP contribution in [-0.4, -0.2) is 72.3 Å². The maximum Gasteiger partial charge on any atom is 0.315 e. The monoisotopic (exact) mass is 672 g/mol. The molecular weight excluding hydrogens is 608 g/mol. The van der Waals surface area contributed by atoms with Crippen molar-refractivity contribution in [3.8, 4) is 0 Å². The Morgan fingerprint density at radius 3 is 2.21 bits per heavy atom. The molecule has 3 fully saturated rings. The van der Waals surface area contributed by atoms with Crippen molar-refractivity contribution >= 4 is 29.6 Å². The molecule has 1 aliphatic heterocycles. The molecule has 0 spiro atoms. The van der Waals surface area contributed by atoms with E-state index in [9.17, 15) is 24.0 Å². The number of hydrogen-bond donors (Lipinski definition) is 3. The minimum atomic E-state index is -0.866. The van der Waals surface area contributed by atoms with Crippen LogP contribution in [0.5, 0.6) is 0 Å². The maximum absolute atomic E-state index is 14.2. The number of likely N-dealkylation sites (tertiary alicyclic amines) is 1. The van der Waals surface area contributed by atoms with E-state index in [1.807, 2.05) is 20.8 Å². The zero-order valence-corrected chi connectivity index (χ0v) is 30.8. The summed E-state index contributed by atoms with van der Waals surface area (Å²) in [6.07, 6.45) is 10.2. The number of carbonyl (C=O) groups excluding carboxylic acids is 5. The van der Waals surface area contributed by atoms with Crippen molar-refractivity contribution in [3.63, 3.8) is 0 Å². The average Bonchev–Trinajstić information content (AvgIpc) is 3.75. The fourth-order valence-electron chi connectivity index (χ4n) is 6.79. The van der Waals surface area contributed by atoms with Gasteiger partial charge in [0, 0.05) is 19.5 Å². The molecule has 4 amide bonds. The Balaban J connectivity index is 1.63. The Morgan fingerprint density at radius 1 is 0.979 bits per heavy atom. The van der Waals surface area contributed by atoms with Crippen LogP contribution in [0.25, 0.3) is 0 Å². The zero-order valence-electron chi connectivity index (χ0n) is 30.8. The van der Waals surface area contributed by atoms with Gasteiger partial charge in [-0.1, -0.05) is 80.2 Å². The number of ether oxygens (including phenoxy) is 1. The average molecular weight is 673 g/mol. The number of carbonyl (C=O) groups is 5. The molecular formula is C38H64N4O6. The van der Waals surface area contributed by atoms with Crippen LogP contribution in [0.4, 0.5) is 4.79 Å². The Morgan fingerprint density at radius 2 is 1.67 bits per heavy atom. The summed E-state index contributed by atoms with van der Waals surface area (Å²) in [6, 6.07) is -2.66. The number of esters is 1. The van der Waals surface area contributed by atoms with Gasteiger partial charge in [-0.25, -0.2) is 4.79 Å². The lowest BCUT2D eigenvalue weighted by Gasteiger charge is -2.36. The highest BCUT2D eigenvalue weighted by Gasteiger charge is 2.45. The van der Waals surface area contributed by atoms with E-state index in [2.05, 4.69) is 43.3 Å². The number of hydrogen-bond acceptors (Lipinski definition) is 6. The lowest BCUT2D eigenvalue weighted by molar-refractivity contribution is -0.144. The zero-order chi connectivity index (χ0) is 35.6. The van der Waals surface area contributed by atoms with E-state index in [-0.39, 0.29) is 35.4 Å². The van der Waals surface area contributed by atoms with Crippen LogP contribution >= 0.6 is 0 Å². The van der Waals surface area contributed by atoms with E-state index in [1.54, 1.807) is 11.8 Å². The summed E-state index contributed by atoms with van der Waals surface area (Å²) in [5, 5.41) is 8.95. The second kappa shape index (κ2) is 18.2. The number of amides is 4. The van der Waals surface area contributed by atoms with Gasteiger partial charge in [0.2, 0.25) is 11.8 Å². The van der Waals surface area contributed by atoms with Crippen LogP contribution in [0.2, 0.25) is 0 Å². The number of ketones is 1. The molecule has 3 rings (SSSR count). The summed E-state index contributed by atoms with van der Waals surface area (Å²) in [5.74, 6) is 0.682. The Hall–Kier alpha value is -2.91. The summed E-state index contributed by atoms with van der Waals surface area (Å²) < 4.78 is 5.37. The largest absolute Gasteiger partial charge is 0.465 e. The minimum absolute atomic E-state index is 0.142. The number of nitrogens with one attached hydrogen (secondary N) is 3. The number of urea groups is 1. The number of Topliss-reactive ketones (excluding diaryl/α,β-unsaturated/α-hetero) is 1. The van der Waals surface area contributed by atoms with E-state index < -0.39 is 29.6 Å². The first-order chi connectivity index (χ1) is 22.6. The quantitative estimate of drug-likeness (QED) is 0.115. The first-order valence-corrected chi connectivity index (χ1v) is 18.6. The summed E-state index contributed by atoms with van der Waals surface area (Å²) >= 11 is 0. The molecule has 0 aromatic rings. The molecule has 10 nitrogen and oxygen atoms in total. The molecule has 0 radical (unpaired) electrons.